The molecule has 0 aliphatic carbocycles. The molecule has 5 nitrogen and oxygen atoms in total. The molecule has 5 heteroatoms. The Morgan fingerprint density at radius 2 is 2.33 bits per heavy atom. The van der Waals surface area contributed by atoms with Gasteiger partial charge >= 0.3 is 0 Å². The van der Waals surface area contributed by atoms with Crippen molar-refractivity contribution in [2.24, 2.45) is 0 Å². The Bertz CT molecular complexity index is 440. The number of carbonyl (C=O) groups excluding carboxylic acids is 1. The molecule has 0 aromatic carbocycles. The minimum atomic E-state index is 0.431. The molecule has 0 bridgehead atoms. The number of pyridine rings is 1. The number of carbonyl (C=O) groups is 1. The van der Waals surface area contributed by atoms with Crippen molar-refractivity contribution in [2.45, 2.75) is 13.3 Å². The number of rotatable bonds is 7. The van der Waals surface area contributed by atoms with Crippen LogP contribution in [-0.2, 0) is 4.74 Å². The van der Waals surface area contributed by atoms with Crippen LogP contribution in [0.25, 0.3) is 0 Å². The second kappa shape index (κ2) is 7.41. The zero-order chi connectivity index (χ0) is 13.4. The Hall–Kier alpha value is -1.93. The topological polar surface area (TPSA) is 66.2 Å². The van der Waals surface area contributed by atoms with E-state index in [0.29, 0.717) is 31.7 Å². The normalized spacial score (nSPS) is 9.83. The van der Waals surface area contributed by atoms with Gasteiger partial charge in [0, 0.05) is 32.0 Å². The second-order valence-electron chi connectivity index (χ2n) is 3.91. The lowest BCUT2D eigenvalue weighted by Gasteiger charge is -2.24. The predicted molar refractivity (Wildman–Crippen MR) is 68.7 cm³/mol. The van der Waals surface area contributed by atoms with E-state index in [4.69, 9.17) is 10.00 Å². The van der Waals surface area contributed by atoms with Crippen molar-refractivity contribution in [3.05, 3.63) is 23.4 Å². The molecule has 1 heterocycles. The molecular weight excluding hydrogens is 230 g/mol. The van der Waals surface area contributed by atoms with Crippen LogP contribution in [0.5, 0.6) is 0 Å². The van der Waals surface area contributed by atoms with Crippen molar-refractivity contribution in [3.63, 3.8) is 0 Å². The van der Waals surface area contributed by atoms with Crippen LogP contribution in [-0.4, -0.2) is 38.1 Å². The van der Waals surface area contributed by atoms with Crippen LogP contribution in [0.4, 0.5) is 5.82 Å². The fourth-order valence-electron chi connectivity index (χ4n) is 1.69. The standard InChI is InChI=1S/C13H17N3O2/c1-11-8-12(10-17)9-15-13(11)16(5-3-4-14)6-7-18-2/h8-10H,3,5-7H2,1-2H3. The fourth-order valence-corrected chi connectivity index (χ4v) is 1.69. The van der Waals surface area contributed by atoms with E-state index < -0.39 is 0 Å². The molecule has 0 aliphatic rings. The summed E-state index contributed by atoms with van der Waals surface area (Å²) in [6.45, 7) is 3.75. The van der Waals surface area contributed by atoms with Crippen molar-refractivity contribution in [3.8, 4) is 6.07 Å². The van der Waals surface area contributed by atoms with Crippen LogP contribution in [0.1, 0.15) is 22.3 Å². The van der Waals surface area contributed by atoms with Gasteiger partial charge in [-0.15, -0.1) is 0 Å². The SMILES string of the molecule is COCCN(CCC#N)c1ncc(C=O)cc1C. The predicted octanol–water partition coefficient (Wildman–Crippen LogP) is 1.57. The van der Waals surface area contributed by atoms with E-state index in [1.54, 1.807) is 19.4 Å². The third kappa shape index (κ3) is 3.82. The van der Waals surface area contributed by atoms with Gasteiger partial charge < -0.3 is 9.64 Å². The highest BCUT2D eigenvalue weighted by molar-refractivity contribution is 5.75. The van der Waals surface area contributed by atoms with Crippen LogP contribution >= 0.6 is 0 Å². The van der Waals surface area contributed by atoms with Crippen molar-refractivity contribution < 1.29 is 9.53 Å². The smallest absolute Gasteiger partial charge is 0.151 e. The first-order chi connectivity index (χ1) is 8.72. The molecule has 0 spiro atoms. The van der Waals surface area contributed by atoms with Gasteiger partial charge in [0.05, 0.1) is 19.1 Å². The number of nitriles is 1. The molecule has 1 aromatic rings. The van der Waals surface area contributed by atoms with Crippen molar-refractivity contribution in [1.82, 2.24) is 4.98 Å². The zero-order valence-corrected chi connectivity index (χ0v) is 10.7. The van der Waals surface area contributed by atoms with Gasteiger partial charge in [0.1, 0.15) is 5.82 Å². The maximum Gasteiger partial charge on any atom is 0.151 e. The number of aldehydes is 1. The number of aromatic nitrogens is 1. The number of ether oxygens (including phenoxy) is 1. The number of methoxy groups -OCH3 is 1. The zero-order valence-electron chi connectivity index (χ0n) is 10.7. The first-order valence-corrected chi connectivity index (χ1v) is 5.75. The van der Waals surface area contributed by atoms with E-state index in [2.05, 4.69) is 11.1 Å². The summed E-state index contributed by atoms with van der Waals surface area (Å²) in [7, 11) is 1.64. The summed E-state index contributed by atoms with van der Waals surface area (Å²) in [5, 5.41) is 8.66. The van der Waals surface area contributed by atoms with Crippen molar-refractivity contribution in [2.75, 3.05) is 31.7 Å². The summed E-state index contributed by atoms with van der Waals surface area (Å²) in [6.07, 6.45) is 2.75. The van der Waals surface area contributed by atoms with Gasteiger partial charge in [-0.25, -0.2) is 4.98 Å². The summed E-state index contributed by atoms with van der Waals surface area (Å²) >= 11 is 0. The minimum absolute atomic E-state index is 0.431. The number of anilines is 1. The number of aryl methyl sites for hydroxylation is 1. The quantitative estimate of drug-likeness (QED) is 0.684. The Morgan fingerprint density at radius 3 is 2.89 bits per heavy atom. The Balaban J connectivity index is 2.89. The highest BCUT2D eigenvalue weighted by atomic mass is 16.5. The molecule has 1 rings (SSSR count). The molecule has 0 saturated carbocycles. The molecule has 0 N–H and O–H groups in total. The molecule has 0 unspecified atom stereocenters. The van der Waals surface area contributed by atoms with E-state index in [1.165, 1.54) is 0 Å². The molecule has 0 atom stereocenters. The summed E-state index contributed by atoms with van der Waals surface area (Å²) in [5.74, 6) is 0.799. The van der Waals surface area contributed by atoms with Gasteiger partial charge in [-0.1, -0.05) is 0 Å². The minimum Gasteiger partial charge on any atom is -0.383 e. The van der Waals surface area contributed by atoms with Gasteiger partial charge in [0.2, 0.25) is 0 Å². The monoisotopic (exact) mass is 247 g/mol. The van der Waals surface area contributed by atoms with E-state index in [9.17, 15) is 4.79 Å². The molecule has 0 fully saturated rings. The lowest BCUT2D eigenvalue weighted by Crippen LogP contribution is -2.29. The van der Waals surface area contributed by atoms with E-state index >= 15 is 0 Å². The summed E-state index contributed by atoms with van der Waals surface area (Å²) in [4.78, 5) is 16.9. The lowest BCUT2D eigenvalue weighted by molar-refractivity contribution is 0.112. The Labute approximate surface area is 107 Å². The maximum atomic E-state index is 10.7. The maximum absolute atomic E-state index is 10.7. The van der Waals surface area contributed by atoms with Gasteiger partial charge in [-0.05, 0) is 18.6 Å². The fraction of sp³-hybridized carbons (Fsp3) is 0.462. The number of hydrogen-bond acceptors (Lipinski definition) is 5. The van der Waals surface area contributed by atoms with Gasteiger partial charge in [0.15, 0.2) is 6.29 Å². The molecule has 0 amide bonds. The first-order valence-electron chi connectivity index (χ1n) is 5.75. The average Bonchev–Trinajstić information content (AvgIpc) is 2.39. The average molecular weight is 247 g/mol. The third-order valence-corrected chi connectivity index (χ3v) is 2.57. The van der Waals surface area contributed by atoms with Gasteiger partial charge in [-0.3, -0.25) is 4.79 Å². The summed E-state index contributed by atoms with van der Waals surface area (Å²) < 4.78 is 5.05. The second-order valence-corrected chi connectivity index (χ2v) is 3.91. The van der Waals surface area contributed by atoms with E-state index in [1.807, 2.05) is 11.8 Å². The Kier molecular flexibility index (Phi) is 5.81. The highest BCUT2D eigenvalue weighted by Crippen LogP contribution is 2.17. The third-order valence-electron chi connectivity index (χ3n) is 2.57. The molecule has 0 aliphatic heterocycles. The van der Waals surface area contributed by atoms with Crippen LogP contribution in [0.3, 0.4) is 0 Å². The van der Waals surface area contributed by atoms with Crippen molar-refractivity contribution >= 4 is 12.1 Å². The lowest BCUT2D eigenvalue weighted by atomic mass is 10.2. The van der Waals surface area contributed by atoms with Crippen molar-refractivity contribution in [1.29, 1.82) is 5.26 Å². The summed E-state index contributed by atoms with van der Waals surface area (Å²) in [6, 6.07) is 3.91. The highest BCUT2D eigenvalue weighted by Gasteiger charge is 2.10. The molecule has 18 heavy (non-hydrogen) atoms. The first kappa shape index (κ1) is 14.1. The molecule has 1 aromatic heterocycles. The van der Waals surface area contributed by atoms with Crippen LogP contribution in [0.15, 0.2) is 12.3 Å². The van der Waals surface area contributed by atoms with E-state index in [0.717, 1.165) is 17.7 Å². The number of hydrogen-bond donors (Lipinski definition) is 0. The molecule has 0 radical (unpaired) electrons. The largest absolute Gasteiger partial charge is 0.383 e. The Morgan fingerprint density at radius 1 is 1.56 bits per heavy atom. The molecular formula is C13H17N3O2. The summed E-state index contributed by atoms with van der Waals surface area (Å²) in [5.41, 5.74) is 1.48. The van der Waals surface area contributed by atoms with Gasteiger partial charge in [-0.2, -0.15) is 5.26 Å². The van der Waals surface area contributed by atoms with Crippen LogP contribution in [0.2, 0.25) is 0 Å². The van der Waals surface area contributed by atoms with E-state index in [-0.39, 0.29) is 0 Å². The van der Waals surface area contributed by atoms with Crippen LogP contribution in [0, 0.1) is 18.3 Å². The number of nitrogens with zero attached hydrogens (tertiary/aromatic N) is 3. The molecule has 0 saturated heterocycles. The van der Waals surface area contributed by atoms with Crippen LogP contribution < -0.4 is 4.90 Å². The molecule has 96 valence electrons. The van der Waals surface area contributed by atoms with Gasteiger partial charge in [0.25, 0.3) is 0 Å².